The van der Waals surface area contributed by atoms with Crippen LogP contribution >= 0.6 is 11.3 Å². The first kappa shape index (κ1) is 20.5. The first-order chi connectivity index (χ1) is 13.3. The molecule has 1 aliphatic carbocycles. The number of rotatable bonds is 5. The van der Waals surface area contributed by atoms with Crippen LogP contribution in [0.2, 0.25) is 0 Å². The van der Waals surface area contributed by atoms with E-state index in [0.717, 1.165) is 25.7 Å². The first-order valence-electron chi connectivity index (χ1n) is 9.16. The molecule has 0 saturated heterocycles. The molecule has 0 radical (unpaired) electrons. The van der Waals surface area contributed by atoms with Crippen LogP contribution in [0.3, 0.4) is 0 Å². The third-order valence-corrected chi connectivity index (χ3v) is 7.00. The number of aryl methyl sites for hydroxylation is 2. The number of hydrogen-bond donors (Lipinski definition) is 3. The van der Waals surface area contributed by atoms with E-state index in [1.165, 1.54) is 65.8 Å². The standard InChI is InChI=1S/C19H23N3O4S2/c1-13(23)20-15-8-10-16(11-9-15)28(25,26)22-21-19(24)18-12-14-6-4-2-3-5-7-17(14)27-18/h8-12,22H,2-7H2,1H3,(H,20,23)(H,21,24). The van der Waals surface area contributed by atoms with Crippen molar-refractivity contribution in [1.82, 2.24) is 10.3 Å². The maximum atomic E-state index is 12.4. The van der Waals surface area contributed by atoms with Gasteiger partial charge >= 0.3 is 0 Å². The van der Waals surface area contributed by atoms with Crippen molar-refractivity contribution in [3.8, 4) is 0 Å². The molecular weight excluding hydrogens is 398 g/mol. The summed E-state index contributed by atoms with van der Waals surface area (Å²) in [5.74, 6) is -0.707. The lowest BCUT2D eigenvalue weighted by atomic mass is 10.00. The predicted molar refractivity (Wildman–Crippen MR) is 109 cm³/mol. The molecule has 3 rings (SSSR count). The van der Waals surface area contributed by atoms with Gasteiger partial charge in [-0.2, -0.15) is 0 Å². The maximum absolute atomic E-state index is 12.4. The van der Waals surface area contributed by atoms with Gasteiger partial charge in [-0.05, 0) is 61.6 Å². The van der Waals surface area contributed by atoms with Crippen molar-refractivity contribution >= 4 is 38.9 Å². The number of fused-ring (bicyclic) bond motifs is 1. The van der Waals surface area contributed by atoms with Crippen molar-refractivity contribution in [3.05, 3.63) is 45.6 Å². The van der Waals surface area contributed by atoms with Crippen molar-refractivity contribution in [1.29, 1.82) is 0 Å². The van der Waals surface area contributed by atoms with Crippen LogP contribution in [0.25, 0.3) is 0 Å². The maximum Gasteiger partial charge on any atom is 0.276 e. The second kappa shape index (κ2) is 8.85. The largest absolute Gasteiger partial charge is 0.326 e. The van der Waals surface area contributed by atoms with Gasteiger partial charge < -0.3 is 5.32 Å². The third-order valence-electron chi connectivity index (χ3n) is 4.50. The smallest absolute Gasteiger partial charge is 0.276 e. The van der Waals surface area contributed by atoms with Gasteiger partial charge in [-0.15, -0.1) is 16.2 Å². The predicted octanol–water partition coefficient (Wildman–Crippen LogP) is 2.99. The minimum Gasteiger partial charge on any atom is -0.326 e. The molecule has 0 aliphatic heterocycles. The summed E-state index contributed by atoms with van der Waals surface area (Å²) in [6.07, 6.45) is 6.59. The van der Waals surface area contributed by atoms with Gasteiger partial charge in [0, 0.05) is 17.5 Å². The van der Waals surface area contributed by atoms with E-state index in [0.29, 0.717) is 10.6 Å². The highest BCUT2D eigenvalue weighted by molar-refractivity contribution is 7.89. The Morgan fingerprint density at radius 1 is 1.00 bits per heavy atom. The number of carbonyl (C=O) groups is 2. The van der Waals surface area contributed by atoms with Crippen LogP contribution in [-0.4, -0.2) is 20.2 Å². The van der Waals surface area contributed by atoms with Crippen molar-refractivity contribution in [2.45, 2.75) is 50.3 Å². The fraction of sp³-hybridized carbons (Fsp3) is 0.368. The van der Waals surface area contributed by atoms with Crippen molar-refractivity contribution < 1.29 is 18.0 Å². The Hall–Kier alpha value is -2.23. The number of thiophene rings is 1. The van der Waals surface area contributed by atoms with Gasteiger partial charge in [-0.3, -0.25) is 15.0 Å². The van der Waals surface area contributed by atoms with Crippen LogP contribution in [0.1, 0.15) is 52.7 Å². The molecule has 0 atom stereocenters. The zero-order valence-electron chi connectivity index (χ0n) is 15.6. The molecule has 2 amide bonds. The molecule has 1 aliphatic rings. The molecule has 0 saturated carbocycles. The molecule has 1 heterocycles. The number of hydrazine groups is 1. The van der Waals surface area contributed by atoms with Crippen LogP contribution in [0, 0.1) is 0 Å². The zero-order valence-corrected chi connectivity index (χ0v) is 17.2. The summed E-state index contributed by atoms with van der Waals surface area (Å²) >= 11 is 1.43. The average molecular weight is 422 g/mol. The van der Waals surface area contributed by atoms with Gasteiger partial charge in [0.25, 0.3) is 15.9 Å². The Morgan fingerprint density at radius 2 is 1.68 bits per heavy atom. The first-order valence-corrected chi connectivity index (χ1v) is 11.5. The lowest BCUT2D eigenvalue weighted by Gasteiger charge is -2.08. The summed E-state index contributed by atoms with van der Waals surface area (Å²) in [4.78, 5) is 27.3. The second-order valence-corrected chi connectivity index (χ2v) is 9.56. The monoisotopic (exact) mass is 421 g/mol. The van der Waals surface area contributed by atoms with E-state index >= 15 is 0 Å². The number of anilines is 1. The summed E-state index contributed by atoms with van der Waals surface area (Å²) in [6.45, 7) is 1.37. The highest BCUT2D eigenvalue weighted by atomic mass is 32.2. The molecule has 28 heavy (non-hydrogen) atoms. The quantitative estimate of drug-likeness (QED) is 0.646. The molecule has 1 aromatic heterocycles. The fourth-order valence-electron chi connectivity index (χ4n) is 3.11. The minimum atomic E-state index is -3.91. The van der Waals surface area contributed by atoms with Gasteiger partial charge in [0.15, 0.2) is 0 Å². The van der Waals surface area contributed by atoms with Crippen LogP contribution in [0.5, 0.6) is 0 Å². The highest BCUT2D eigenvalue weighted by Gasteiger charge is 2.19. The van der Waals surface area contributed by atoms with Crippen LogP contribution in [0.15, 0.2) is 35.2 Å². The topological polar surface area (TPSA) is 104 Å². The van der Waals surface area contributed by atoms with Crippen LogP contribution in [0.4, 0.5) is 5.69 Å². The number of amides is 2. The Balaban J connectivity index is 1.64. The van der Waals surface area contributed by atoms with E-state index in [1.807, 2.05) is 6.07 Å². The van der Waals surface area contributed by atoms with Gasteiger partial charge in [-0.25, -0.2) is 8.42 Å². The number of carbonyl (C=O) groups excluding carboxylic acids is 2. The molecule has 3 N–H and O–H groups in total. The van der Waals surface area contributed by atoms with E-state index in [2.05, 4.69) is 15.6 Å². The number of hydrogen-bond acceptors (Lipinski definition) is 5. The summed E-state index contributed by atoms with van der Waals surface area (Å²) in [5, 5.41) is 2.57. The zero-order chi connectivity index (χ0) is 20.1. The van der Waals surface area contributed by atoms with E-state index < -0.39 is 15.9 Å². The summed E-state index contributed by atoms with van der Waals surface area (Å²) in [7, 11) is -3.91. The second-order valence-electron chi connectivity index (χ2n) is 6.74. The molecule has 2 aromatic rings. The molecule has 0 fully saturated rings. The number of sulfonamides is 1. The molecule has 1 aromatic carbocycles. The van der Waals surface area contributed by atoms with Gasteiger partial charge in [0.1, 0.15) is 0 Å². The summed E-state index contributed by atoms with van der Waals surface area (Å²) in [6, 6.07) is 7.55. The van der Waals surface area contributed by atoms with E-state index in [1.54, 1.807) is 0 Å². The molecular formula is C19H23N3O4S2. The molecule has 150 valence electrons. The van der Waals surface area contributed by atoms with Crippen molar-refractivity contribution in [3.63, 3.8) is 0 Å². The Bertz CT molecular complexity index is 940. The van der Waals surface area contributed by atoms with E-state index in [4.69, 9.17) is 0 Å². The van der Waals surface area contributed by atoms with Crippen molar-refractivity contribution in [2.24, 2.45) is 0 Å². The molecule has 0 bridgehead atoms. The fourth-order valence-corrected chi connectivity index (χ4v) is 5.10. The third kappa shape index (κ3) is 5.18. The minimum absolute atomic E-state index is 0.0136. The van der Waals surface area contributed by atoms with Crippen LogP contribution < -0.4 is 15.6 Å². The molecule has 9 heteroatoms. The molecule has 0 spiro atoms. The highest BCUT2D eigenvalue weighted by Crippen LogP contribution is 2.28. The number of nitrogens with one attached hydrogen (secondary N) is 3. The Kier molecular flexibility index (Phi) is 6.48. The normalized spacial score (nSPS) is 14.5. The Labute approximate surface area is 168 Å². The molecule has 0 unspecified atom stereocenters. The van der Waals surface area contributed by atoms with Gasteiger partial charge in [0.2, 0.25) is 5.91 Å². The van der Waals surface area contributed by atoms with Crippen LogP contribution in [-0.2, 0) is 27.7 Å². The van der Waals surface area contributed by atoms with Gasteiger partial charge in [0.05, 0.1) is 9.77 Å². The average Bonchev–Trinajstić information content (AvgIpc) is 3.02. The van der Waals surface area contributed by atoms with E-state index in [9.17, 15) is 18.0 Å². The van der Waals surface area contributed by atoms with Crippen molar-refractivity contribution in [2.75, 3.05) is 5.32 Å². The lowest BCUT2D eigenvalue weighted by Crippen LogP contribution is -2.41. The summed E-state index contributed by atoms with van der Waals surface area (Å²) < 4.78 is 24.8. The lowest BCUT2D eigenvalue weighted by molar-refractivity contribution is -0.114. The SMILES string of the molecule is CC(=O)Nc1ccc(S(=O)(=O)NNC(=O)c2cc3c(s2)CCCCCC3)cc1. The molecule has 7 nitrogen and oxygen atoms in total. The Morgan fingerprint density at radius 3 is 2.36 bits per heavy atom. The number of benzene rings is 1. The van der Waals surface area contributed by atoms with E-state index in [-0.39, 0.29) is 10.8 Å². The summed E-state index contributed by atoms with van der Waals surface area (Å²) in [5.41, 5.74) is 3.98. The van der Waals surface area contributed by atoms with Gasteiger partial charge in [-0.1, -0.05) is 12.8 Å².